The Kier molecular flexibility index (Phi) is 6.98. The number of H-pyrrole nitrogens is 1. The van der Waals surface area contributed by atoms with Gasteiger partial charge in [-0.3, -0.25) is 9.89 Å². The highest BCUT2D eigenvalue weighted by molar-refractivity contribution is 5.76. The minimum Gasteiger partial charge on any atom is -0.494 e. The Balaban J connectivity index is 1.70. The maximum atomic E-state index is 12.2. The summed E-state index contributed by atoms with van der Waals surface area (Å²) >= 11 is 0. The van der Waals surface area contributed by atoms with Crippen LogP contribution in [0.4, 0.5) is 0 Å². The first kappa shape index (κ1) is 19.0. The molecular weight excluding hydrogens is 316 g/mol. The number of nitrogens with one attached hydrogen (secondary N) is 2. The molecule has 0 aliphatic carbocycles. The standard InChI is InChI=1S/C19H28N4O2/c1-13(2)18(19-20-15(4)22-23-19)21-17(24)10-5-6-11-25-16-9-7-8-14(3)12-16/h7-9,12-13,18H,5-6,10-11H2,1-4H3,(H,21,24)(H,20,22,23). The normalized spacial score (nSPS) is 12.2. The Labute approximate surface area is 149 Å². The van der Waals surface area contributed by atoms with Gasteiger partial charge in [-0.25, -0.2) is 4.98 Å². The number of carbonyl (C=O) groups is 1. The molecule has 0 fully saturated rings. The van der Waals surface area contributed by atoms with E-state index in [0.717, 1.165) is 24.4 Å². The maximum Gasteiger partial charge on any atom is 0.220 e. The van der Waals surface area contributed by atoms with Crippen molar-refractivity contribution in [3.8, 4) is 5.75 Å². The van der Waals surface area contributed by atoms with Crippen molar-refractivity contribution in [2.24, 2.45) is 5.92 Å². The number of benzene rings is 1. The van der Waals surface area contributed by atoms with Crippen molar-refractivity contribution < 1.29 is 9.53 Å². The molecule has 1 atom stereocenters. The van der Waals surface area contributed by atoms with E-state index in [1.165, 1.54) is 5.56 Å². The first-order valence-corrected chi connectivity index (χ1v) is 8.83. The molecule has 0 bridgehead atoms. The number of rotatable bonds is 9. The Hall–Kier alpha value is -2.37. The quantitative estimate of drug-likeness (QED) is 0.683. The lowest BCUT2D eigenvalue weighted by Gasteiger charge is -2.19. The molecular formula is C19H28N4O2. The van der Waals surface area contributed by atoms with Gasteiger partial charge in [0.2, 0.25) is 5.91 Å². The molecule has 136 valence electrons. The SMILES string of the molecule is Cc1cccc(OCCCCC(=O)NC(c2n[nH]c(C)n2)C(C)C)c1. The Morgan fingerprint density at radius 1 is 1.28 bits per heavy atom. The van der Waals surface area contributed by atoms with Gasteiger partial charge in [-0.1, -0.05) is 26.0 Å². The molecule has 1 aromatic carbocycles. The van der Waals surface area contributed by atoms with E-state index >= 15 is 0 Å². The summed E-state index contributed by atoms with van der Waals surface area (Å²) in [4.78, 5) is 16.5. The highest BCUT2D eigenvalue weighted by Crippen LogP contribution is 2.18. The van der Waals surface area contributed by atoms with Crippen LogP contribution < -0.4 is 10.1 Å². The smallest absolute Gasteiger partial charge is 0.220 e. The van der Waals surface area contributed by atoms with Crippen molar-refractivity contribution in [2.45, 2.75) is 53.0 Å². The van der Waals surface area contributed by atoms with Gasteiger partial charge in [-0.2, -0.15) is 5.10 Å². The monoisotopic (exact) mass is 344 g/mol. The van der Waals surface area contributed by atoms with Crippen LogP contribution in [0.3, 0.4) is 0 Å². The number of hydrogen-bond acceptors (Lipinski definition) is 4. The fourth-order valence-corrected chi connectivity index (χ4v) is 2.56. The van der Waals surface area contributed by atoms with Crippen LogP contribution in [-0.4, -0.2) is 27.7 Å². The second kappa shape index (κ2) is 9.20. The lowest BCUT2D eigenvalue weighted by molar-refractivity contribution is -0.122. The topological polar surface area (TPSA) is 79.9 Å². The third-order valence-electron chi connectivity index (χ3n) is 3.93. The van der Waals surface area contributed by atoms with Crippen molar-refractivity contribution in [1.82, 2.24) is 20.5 Å². The molecule has 0 aliphatic rings. The minimum absolute atomic E-state index is 0.0247. The van der Waals surface area contributed by atoms with Crippen molar-refractivity contribution in [3.63, 3.8) is 0 Å². The summed E-state index contributed by atoms with van der Waals surface area (Å²) in [5.74, 6) is 2.52. The van der Waals surface area contributed by atoms with Crippen LogP contribution in [0.25, 0.3) is 0 Å². The summed E-state index contributed by atoms with van der Waals surface area (Å²) in [6.45, 7) is 8.60. The second-order valence-corrected chi connectivity index (χ2v) is 6.69. The van der Waals surface area contributed by atoms with Gasteiger partial charge in [-0.15, -0.1) is 0 Å². The minimum atomic E-state index is -0.166. The lowest BCUT2D eigenvalue weighted by atomic mass is 10.0. The van der Waals surface area contributed by atoms with Crippen LogP contribution in [0.15, 0.2) is 24.3 Å². The average Bonchev–Trinajstić information content (AvgIpc) is 2.98. The van der Waals surface area contributed by atoms with Crippen molar-refractivity contribution >= 4 is 5.91 Å². The molecule has 1 aromatic heterocycles. The summed E-state index contributed by atoms with van der Waals surface area (Å²) in [6.07, 6.45) is 2.10. The number of ether oxygens (including phenoxy) is 1. The maximum absolute atomic E-state index is 12.2. The predicted molar refractivity (Wildman–Crippen MR) is 97.4 cm³/mol. The molecule has 2 N–H and O–H groups in total. The first-order valence-electron chi connectivity index (χ1n) is 8.83. The van der Waals surface area contributed by atoms with E-state index in [1.807, 2.05) is 52.0 Å². The predicted octanol–water partition coefficient (Wildman–Crippen LogP) is 3.48. The number of unbranched alkanes of at least 4 members (excludes halogenated alkanes) is 1. The van der Waals surface area contributed by atoms with E-state index < -0.39 is 0 Å². The van der Waals surface area contributed by atoms with Crippen LogP contribution in [0, 0.1) is 19.8 Å². The van der Waals surface area contributed by atoms with E-state index in [9.17, 15) is 4.79 Å². The van der Waals surface area contributed by atoms with Gasteiger partial charge < -0.3 is 10.1 Å². The molecule has 6 nitrogen and oxygen atoms in total. The van der Waals surface area contributed by atoms with E-state index in [1.54, 1.807) is 0 Å². The fraction of sp³-hybridized carbons (Fsp3) is 0.526. The van der Waals surface area contributed by atoms with Gasteiger partial charge in [-0.05, 0) is 50.3 Å². The third-order valence-corrected chi connectivity index (χ3v) is 3.93. The van der Waals surface area contributed by atoms with Crippen LogP contribution in [0.2, 0.25) is 0 Å². The van der Waals surface area contributed by atoms with E-state index in [0.29, 0.717) is 18.9 Å². The van der Waals surface area contributed by atoms with Gasteiger partial charge >= 0.3 is 0 Å². The van der Waals surface area contributed by atoms with Gasteiger partial charge in [0.15, 0.2) is 5.82 Å². The third kappa shape index (κ3) is 6.21. The van der Waals surface area contributed by atoms with Gasteiger partial charge in [0.05, 0.1) is 12.6 Å². The number of nitrogens with zero attached hydrogens (tertiary/aromatic N) is 2. The van der Waals surface area contributed by atoms with Crippen LogP contribution >= 0.6 is 0 Å². The molecule has 6 heteroatoms. The van der Waals surface area contributed by atoms with Crippen LogP contribution in [-0.2, 0) is 4.79 Å². The number of hydrogen-bond donors (Lipinski definition) is 2. The van der Waals surface area contributed by atoms with E-state index in [2.05, 4.69) is 20.5 Å². The summed E-state index contributed by atoms with van der Waals surface area (Å²) in [6, 6.07) is 7.82. The molecule has 1 heterocycles. The first-order chi connectivity index (χ1) is 12.0. The average molecular weight is 344 g/mol. The number of aromatic amines is 1. The fourth-order valence-electron chi connectivity index (χ4n) is 2.56. The number of carbonyl (C=O) groups excluding carboxylic acids is 1. The van der Waals surface area contributed by atoms with Crippen molar-refractivity contribution in [1.29, 1.82) is 0 Å². The van der Waals surface area contributed by atoms with Crippen LogP contribution in [0.5, 0.6) is 5.75 Å². The molecule has 1 unspecified atom stereocenters. The summed E-state index contributed by atoms with van der Waals surface area (Å²) in [7, 11) is 0. The Morgan fingerprint density at radius 2 is 2.08 bits per heavy atom. The van der Waals surface area contributed by atoms with Gasteiger partial charge in [0.1, 0.15) is 11.6 Å². The highest BCUT2D eigenvalue weighted by atomic mass is 16.5. The Morgan fingerprint density at radius 3 is 2.72 bits per heavy atom. The molecule has 25 heavy (non-hydrogen) atoms. The highest BCUT2D eigenvalue weighted by Gasteiger charge is 2.21. The number of aromatic nitrogens is 3. The summed E-state index contributed by atoms with van der Waals surface area (Å²) in [5.41, 5.74) is 1.18. The zero-order valence-electron chi connectivity index (χ0n) is 15.5. The zero-order valence-corrected chi connectivity index (χ0v) is 15.5. The van der Waals surface area contributed by atoms with Crippen LogP contribution in [0.1, 0.15) is 56.4 Å². The van der Waals surface area contributed by atoms with Crippen molar-refractivity contribution in [3.05, 3.63) is 41.5 Å². The molecule has 2 rings (SSSR count). The van der Waals surface area contributed by atoms with Crippen molar-refractivity contribution in [2.75, 3.05) is 6.61 Å². The van der Waals surface area contributed by atoms with E-state index in [4.69, 9.17) is 4.74 Å². The molecule has 0 spiro atoms. The molecule has 1 amide bonds. The summed E-state index contributed by atoms with van der Waals surface area (Å²) in [5, 5.41) is 10.0. The molecule has 2 aromatic rings. The lowest BCUT2D eigenvalue weighted by Crippen LogP contribution is -2.32. The second-order valence-electron chi connectivity index (χ2n) is 6.69. The molecule has 0 aliphatic heterocycles. The summed E-state index contributed by atoms with van der Waals surface area (Å²) < 4.78 is 5.70. The largest absolute Gasteiger partial charge is 0.494 e. The van der Waals surface area contributed by atoms with E-state index in [-0.39, 0.29) is 17.9 Å². The molecule has 0 saturated heterocycles. The zero-order chi connectivity index (χ0) is 18.2. The number of amides is 1. The van der Waals surface area contributed by atoms with Gasteiger partial charge in [0.25, 0.3) is 0 Å². The molecule has 0 radical (unpaired) electrons. The van der Waals surface area contributed by atoms with Gasteiger partial charge in [0, 0.05) is 6.42 Å². The number of aryl methyl sites for hydroxylation is 2. The Bertz CT molecular complexity index is 682. The molecule has 0 saturated carbocycles.